The predicted octanol–water partition coefficient (Wildman–Crippen LogP) is 2.41. The van der Waals surface area contributed by atoms with Gasteiger partial charge >= 0.3 is 6.18 Å². The molecule has 0 aliphatic carbocycles. The molecule has 2 rings (SSSR count). The van der Waals surface area contributed by atoms with Gasteiger partial charge in [0.05, 0.1) is 18.8 Å². The van der Waals surface area contributed by atoms with Gasteiger partial charge in [-0.2, -0.15) is 13.2 Å². The van der Waals surface area contributed by atoms with E-state index in [1.54, 1.807) is 0 Å². The molecule has 0 unspecified atom stereocenters. The molecule has 0 spiro atoms. The van der Waals surface area contributed by atoms with Gasteiger partial charge in [-0.05, 0) is 17.7 Å². The van der Waals surface area contributed by atoms with E-state index in [0.29, 0.717) is 11.1 Å². The van der Waals surface area contributed by atoms with Crippen molar-refractivity contribution in [2.75, 3.05) is 6.61 Å². The number of benzene rings is 1. The summed E-state index contributed by atoms with van der Waals surface area (Å²) in [6, 6.07) is 3.28. The van der Waals surface area contributed by atoms with Gasteiger partial charge in [0.2, 0.25) is 0 Å². The fraction of sp³-hybridized carbons (Fsp3) is 0.300. The van der Waals surface area contributed by atoms with Crippen LogP contribution < -0.4 is 0 Å². The zero-order chi connectivity index (χ0) is 11.8. The third kappa shape index (κ3) is 1.88. The summed E-state index contributed by atoms with van der Waals surface area (Å²) in [5.41, 5.74) is 0.402. The van der Waals surface area contributed by atoms with E-state index in [0.717, 1.165) is 12.1 Å². The molecule has 0 bridgehead atoms. The van der Waals surface area contributed by atoms with Gasteiger partial charge in [-0.15, -0.1) is 0 Å². The van der Waals surface area contributed by atoms with E-state index >= 15 is 0 Å². The van der Waals surface area contributed by atoms with Crippen molar-refractivity contribution in [1.29, 1.82) is 0 Å². The first-order valence-corrected chi connectivity index (χ1v) is 4.51. The Morgan fingerprint density at radius 3 is 2.62 bits per heavy atom. The molecule has 0 saturated carbocycles. The van der Waals surface area contributed by atoms with Crippen molar-refractivity contribution >= 4 is 5.71 Å². The van der Waals surface area contributed by atoms with E-state index < -0.39 is 11.7 Å². The monoisotopic (exact) mass is 231 g/mol. The highest BCUT2D eigenvalue weighted by Gasteiger charge is 2.31. The topological polar surface area (TPSA) is 41.8 Å². The van der Waals surface area contributed by atoms with Crippen LogP contribution in [0.25, 0.3) is 0 Å². The number of alkyl halides is 3. The second-order valence-electron chi connectivity index (χ2n) is 3.41. The molecule has 0 saturated heterocycles. The van der Waals surface area contributed by atoms with Crippen molar-refractivity contribution < 1.29 is 23.1 Å². The van der Waals surface area contributed by atoms with Crippen LogP contribution in [0.15, 0.2) is 23.4 Å². The first-order valence-electron chi connectivity index (χ1n) is 4.51. The van der Waals surface area contributed by atoms with Crippen molar-refractivity contribution in [2.24, 2.45) is 5.16 Å². The third-order valence-electron chi connectivity index (χ3n) is 2.36. The lowest BCUT2D eigenvalue weighted by Gasteiger charge is -2.18. The fourth-order valence-corrected chi connectivity index (χ4v) is 1.59. The van der Waals surface area contributed by atoms with Gasteiger partial charge in [-0.1, -0.05) is 11.2 Å². The van der Waals surface area contributed by atoms with E-state index in [1.807, 2.05) is 0 Å². The van der Waals surface area contributed by atoms with Crippen molar-refractivity contribution in [1.82, 2.24) is 0 Å². The zero-order valence-corrected chi connectivity index (χ0v) is 8.08. The average Bonchev–Trinajstić information content (AvgIpc) is 2.26. The number of rotatable bonds is 0. The van der Waals surface area contributed by atoms with Crippen LogP contribution in [0.2, 0.25) is 0 Å². The summed E-state index contributed by atoms with van der Waals surface area (Å²) in [6.07, 6.45) is -4.37. The Morgan fingerprint density at radius 2 is 2.00 bits per heavy atom. The molecule has 86 valence electrons. The summed E-state index contributed by atoms with van der Waals surface area (Å²) in [5.74, 6) is 0. The molecule has 16 heavy (non-hydrogen) atoms. The van der Waals surface area contributed by atoms with Crippen molar-refractivity contribution in [3.05, 3.63) is 34.9 Å². The summed E-state index contributed by atoms with van der Waals surface area (Å²) in [5, 5.41) is 11.6. The van der Waals surface area contributed by atoms with Crippen LogP contribution >= 0.6 is 0 Å². The maximum Gasteiger partial charge on any atom is 0.416 e. The minimum atomic E-state index is -4.37. The molecule has 1 aromatic rings. The van der Waals surface area contributed by atoms with Crippen LogP contribution in [-0.2, 0) is 17.5 Å². The molecule has 1 N–H and O–H groups in total. The number of hydrogen-bond acceptors (Lipinski definition) is 3. The Hall–Kier alpha value is -1.56. The highest BCUT2D eigenvalue weighted by molar-refractivity contribution is 6.03. The summed E-state index contributed by atoms with van der Waals surface area (Å²) in [6.45, 7) is 0.202. The average molecular weight is 231 g/mol. The molecule has 0 amide bonds. The van der Waals surface area contributed by atoms with Crippen molar-refractivity contribution in [3.63, 3.8) is 0 Å². The van der Waals surface area contributed by atoms with Crippen LogP contribution in [0.4, 0.5) is 13.2 Å². The maximum atomic E-state index is 12.4. The first-order chi connectivity index (χ1) is 7.52. The first kappa shape index (κ1) is 10.9. The molecule has 1 heterocycles. The Morgan fingerprint density at radius 1 is 1.25 bits per heavy atom. The lowest BCUT2D eigenvalue weighted by Crippen LogP contribution is -2.20. The number of hydrogen-bond donors (Lipinski definition) is 1. The molecular weight excluding hydrogens is 223 g/mol. The summed E-state index contributed by atoms with van der Waals surface area (Å²) < 4.78 is 42.3. The van der Waals surface area contributed by atoms with E-state index in [2.05, 4.69) is 5.16 Å². The Bertz CT molecular complexity index is 440. The predicted molar refractivity (Wildman–Crippen MR) is 49.4 cm³/mol. The third-order valence-corrected chi connectivity index (χ3v) is 2.36. The largest absolute Gasteiger partial charge is 0.416 e. The van der Waals surface area contributed by atoms with Gasteiger partial charge in [-0.3, -0.25) is 0 Å². The number of nitrogens with zero attached hydrogens (tertiary/aromatic N) is 1. The molecule has 1 aliphatic heterocycles. The molecule has 0 atom stereocenters. The highest BCUT2D eigenvalue weighted by atomic mass is 19.4. The van der Waals surface area contributed by atoms with Crippen LogP contribution in [0, 0.1) is 0 Å². The minimum Gasteiger partial charge on any atom is -0.411 e. The standard InChI is InChI=1S/C10H8F3NO2/c11-10(12,13)7-1-2-8-6(3-7)4-16-5-9(8)14-15/h1-3,15H,4-5H2. The number of ether oxygens (including phenoxy) is 1. The normalized spacial score (nSPS) is 18.6. The van der Waals surface area contributed by atoms with Crippen molar-refractivity contribution in [2.45, 2.75) is 12.8 Å². The molecule has 1 aliphatic rings. The van der Waals surface area contributed by atoms with E-state index in [1.165, 1.54) is 6.07 Å². The van der Waals surface area contributed by atoms with Crippen LogP contribution in [0.1, 0.15) is 16.7 Å². The smallest absolute Gasteiger partial charge is 0.411 e. The number of oxime groups is 1. The molecule has 0 radical (unpaired) electrons. The Balaban J connectivity index is 2.47. The second kappa shape index (κ2) is 3.79. The van der Waals surface area contributed by atoms with E-state index in [-0.39, 0.29) is 18.9 Å². The van der Waals surface area contributed by atoms with E-state index in [9.17, 15) is 13.2 Å². The van der Waals surface area contributed by atoms with Gasteiger partial charge in [0.25, 0.3) is 0 Å². The van der Waals surface area contributed by atoms with Gasteiger partial charge in [0.1, 0.15) is 5.71 Å². The molecule has 1 aromatic carbocycles. The van der Waals surface area contributed by atoms with Crippen molar-refractivity contribution in [3.8, 4) is 0 Å². The molecular formula is C10H8F3NO2. The minimum absolute atomic E-state index is 0.0955. The van der Waals surface area contributed by atoms with Gasteiger partial charge < -0.3 is 9.94 Å². The Labute approximate surface area is 89.1 Å². The fourth-order valence-electron chi connectivity index (χ4n) is 1.59. The van der Waals surface area contributed by atoms with Crippen LogP contribution in [-0.4, -0.2) is 17.5 Å². The molecule has 0 aromatic heterocycles. The molecule has 0 fully saturated rings. The highest BCUT2D eigenvalue weighted by Crippen LogP contribution is 2.31. The van der Waals surface area contributed by atoms with E-state index in [4.69, 9.17) is 9.94 Å². The van der Waals surface area contributed by atoms with Gasteiger partial charge in [0, 0.05) is 5.56 Å². The maximum absolute atomic E-state index is 12.4. The zero-order valence-electron chi connectivity index (χ0n) is 8.08. The molecule has 6 heteroatoms. The number of fused-ring (bicyclic) bond motifs is 1. The summed E-state index contributed by atoms with van der Waals surface area (Å²) >= 11 is 0. The van der Waals surface area contributed by atoms with Crippen LogP contribution in [0.3, 0.4) is 0 Å². The summed E-state index contributed by atoms with van der Waals surface area (Å²) in [4.78, 5) is 0. The Kier molecular flexibility index (Phi) is 2.59. The second-order valence-corrected chi connectivity index (χ2v) is 3.41. The SMILES string of the molecule is ON=C1COCc2cc(C(F)(F)F)ccc21. The lowest BCUT2D eigenvalue weighted by molar-refractivity contribution is -0.137. The number of halogens is 3. The lowest BCUT2D eigenvalue weighted by atomic mass is 9.99. The van der Waals surface area contributed by atoms with Crippen LogP contribution in [0.5, 0.6) is 0 Å². The molecule has 3 nitrogen and oxygen atoms in total. The summed E-state index contributed by atoms with van der Waals surface area (Å²) in [7, 11) is 0. The van der Waals surface area contributed by atoms with Gasteiger partial charge in [-0.25, -0.2) is 0 Å². The van der Waals surface area contributed by atoms with Gasteiger partial charge in [0.15, 0.2) is 0 Å². The quantitative estimate of drug-likeness (QED) is 0.550.